The van der Waals surface area contributed by atoms with Gasteiger partial charge in [-0.2, -0.15) is 0 Å². The van der Waals surface area contributed by atoms with Crippen molar-refractivity contribution in [2.75, 3.05) is 7.11 Å². The van der Waals surface area contributed by atoms with Crippen LogP contribution in [0.3, 0.4) is 0 Å². The fourth-order valence-electron chi connectivity index (χ4n) is 1.81. The molecule has 5 heteroatoms. The Labute approximate surface area is 122 Å². The Balaban J connectivity index is 3.42. The summed E-state index contributed by atoms with van der Waals surface area (Å²) in [6.45, 7) is 11.6. The van der Waals surface area contributed by atoms with Crippen LogP contribution < -0.4 is 9.46 Å². The molecule has 0 aliphatic heterocycles. The highest BCUT2D eigenvalue weighted by molar-refractivity contribution is 7.89. The van der Waals surface area contributed by atoms with Gasteiger partial charge in [-0.3, -0.25) is 0 Å². The molecule has 0 radical (unpaired) electrons. The topological polar surface area (TPSA) is 55.4 Å². The Hall–Kier alpha value is -1.07. The summed E-state index contributed by atoms with van der Waals surface area (Å²) >= 11 is 0. The molecule has 0 heterocycles. The fourth-order valence-corrected chi connectivity index (χ4v) is 3.43. The Kier molecular flexibility index (Phi) is 4.56. The number of ether oxygens (including phenoxy) is 1. The monoisotopic (exact) mass is 299 g/mol. The van der Waals surface area contributed by atoms with Gasteiger partial charge in [0.25, 0.3) is 0 Å². The third-order valence-electron chi connectivity index (χ3n) is 2.76. The highest BCUT2D eigenvalue weighted by Crippen LogP contribution is 2.31. The van der Waals surface area contributed by atoms with Gasteiger partial charge in [0.05, 0.1) is 7.11 Å². The van der Waals surface area contributed by atoms with Crippen molar-refractivity contribution in [3.05, 3.63) is 23.8 Å². The lowest BCUT2D eigenvalue weighted by Gasteiger charge is -2.24. The second-order valence-corrected chi connectivity index (χ2v) is 8.62. The van der Waals surface area contributed by atoms with Crippen LogP contribution in [0, 0.1) is 0 Å². The lowest BCUT2D eigenvalue weighted by Crippen LogP contribution is -2.40. The normalized spacial score (nSPS) is 13.3. The highest BCUT2D eigenvalue weighted by atomic mass is 32.2. The Morgan fingerprint density at radius 3 is 2.00 bits per heavy atom. The lowest BCUT2D eigenvalue weighted by atomic mass is 9.87. The SMILES string of the molecule is COc1ccc(C(C)(C)C)cc1S(=O)(=O)NC(C)(C)C. The van der Waals surface area contributed by atoms with E-state index in [-0.39, 0.29) is 10.3 Å². The molecule has 0 amide bonds. The van der Waals surface area contributed by atoms with E-state index in [0.29, 0.717) is 5.75 Å². The standard InChI is InChI=1S/C15H25NO3S/c1-14(2,3)11-8-9-12(19-7)13(10-11)20(17,18)16-15(4,5)6/h8-10,16H,1-7H3. The van der Waals surface area contributed by atoms with Crippen LogP contribution in [0.4, 0.5) is 0 Å². The van der Waals surface area contributed by atoms with Gasteiger partial charge >= 0.3 is 0 Å². The largest absolute Gasteiger partial charge is 0.495 e. The molecule has 0 unspecified atom stereocenters. The number of sulfonamides is 1. The van der Waals surface area contributed by atoms with Crippen LogP contribution in [0.15, 0.2) is 23.1 Å². The quantitative estimate of drug-likeness (QED) is 0.933. The van der Waals surface area contributed by atoms with E-state index in [1.54, 1.807) is 12.1 Å². The molecule has 0 saturated carbocycles. The molecule has 0 saturated heterocycles. The van der Waals surface area contributed by atoms with Crippen molar-refractivity contribution >= 4 is 10.0 Å². The van der Waals surface area contributed by atoms with Crippen molar-refractivity contribution < 1.29 is 13.2 Å². The summed E-state index contributed by atoms with van der Waals surface area (Å²) in [5, 5.41) is 0. The summed E-state index contributed by atoms with van der Waals surface area (Å²) in [6.07, 6.45) is 0. The van der Waals surface area contributed by atoms with Gasteiger partial charge in [0.2, 0.25) is 10.0 Å². The first-order valence-electron chi connectivity index (χ1n) is 6.59. The van der Waals surface area contributed by atoms with Crippen molar-refractivity contribution in [3.8, 4) is 5.75 Å². The molecule has 0 atom stereocenters. The van der Waals surface area contributed by atoms with Crippen molar-refractivity contribution in [2.24, 2.45) is 0 Å². The van der Waals surface area contributed by atoms with Gasteiger partial charge in [-0.1, -0.05) is 26.8 Å². The third kappa shape index (κ3) is 4.21. The van der Waals surface area contributed by atoms with E-state index in [4.69, 9.17) is 4.74 Å². The van der Waals surface area contributed by atoms with E-state index < -0.39 is 15.6 Å². The second kappa shape index (κ2) is 5.37. The summed E-state index contributed by atoms with van der Waals surface area (Å²) in [7, 11) is -2.14. The van der Waals surface area contributed by atoms with Gasteiger partial charge in [0.1, 0.15) is 10.6 Å². The zero-order chi connectivity index (χ0) is 15.8. The predicted molar refractivity (Wildman–Crippen MR) is 81.8 cm³/mol. The molecule has 114 valence electrons. The lowest BCUT2D eigenvalue weighted by molar-refractivity contribution is 0.400. The zero-order valence-corrected chi connectivity index (χ0v) is 14.2. The molecule has 1 N–H and O–H groups in total. The molecule has 0 aliphatic carbocycles. The van der Waals surface area contributed by atoms with E-state index in [9.17, 15) is 8.42 Å². The number of hydrogen-bond donors (Lipinski definition) is 1. The summed E-state index contributed by atoms with van der Waals surface area (Å²) < 4.78 is 32.9. The maximum Gasteiger partial charge on any atom is 0.244 e. The number of rotatable bonds is 3. The maximum atomic E-state index is 12.5. The third-order valence-corrected chi connectivity index (χ3v) is 4.54. The van der Waals surface area contributed by atoms with E-state index >= 15 is 0 Å². The molecule has 20 heavy (non-hydrogen) atoms. The first kappa shape index (κ1) is 17.0. The predicted octanol–water partition coefficient (Wildman–Crippen LogP) is 3.07. The van der Waals surface area contributed by atoms with Gasteiger partial charge in [0, 0.05) is 5.54 Å². The molecule has 0 aromatic heterocycles. The Morgan fingerprint density at radius 1 is 1.05 bits per heavy atom. The van der Waals surface area contributed by atoms with Crippen LogP contribution >= 0.6 is 0 Å². The molecule has 0 bridgehead atoms. The molecule has 0 aliphatic rings. The number of nitrogens with one attached hydrogen (secondary N) is 1. The van der Waals surface area contributed by atoms with Crippen molar-refractivity contribution in [1.82, 2.24) is 4.72 Å². The second-order valence-electron chi connectivity index (χ2n) is 6.97. The minimum Gasteiger partial charge on any atom is -0.495 e. The fraction of sp³-hybridized carbons (Fsp3) is 0.600. The van der Waals surface area contributed by atoms with Gasteiger partial charge in [-0.15, -0.1) is 0 Å². The minimum absolute atomic E-state index is 0.127. The molecule has 0 spiro atoms. The number of methoxy groups -OCH3 is 1. The van der Waals surface area contributed by atoms with Crippen molar-refractivity contribution in [1.29, 1.82) is 0 Å². The van der Waals surface area contributed by atoms with Crippen molar-refractivity contribution in [3.63, 3.8) is 0 Å². The Morgan fingerprint density at radius 2 is 1.60 bits per heavy atom. The summed E-state index contributed by atoms with van der Waals surface area (Å²) in [5.74, 6) is 0.356. The van der Waals surface area contributed by atoms with Crippen LogP contribution in [0.2, 0.25) is 0 Å². The highest BCUT2D eigenvalue weighted by Gasteiger charge is 2.27. The van der Waals surface area contributed by atoms with Crippen LogP contribution in [-0.4, -0.2) is 21.1 Å². The van der Waals surface area contributed by atoms with Gasteiger partial charge in [-0.05, 0) is 43.9 Å². The van der Waals surface area contributed by atoms with E-state index in [0.717, 1.165) is 5.56 Å². The first-order valence-corrected chi connectivity index (χ1v) is 8.08. The number of benzene rings is 1. The average Bonchev–Trinajstić information content (AvgIpc) is 2.23. The minimum atomic E-state index is -3.62. The van der Waals surface area contributed by atoms with Gasteiger partial charge in [-0.25, -0.2) is 13.1 Å². The van der Waals surface area contributed by atoms with Crippen LogP contribution in [-0.2, 0) is 15.4 Å². The van der Waals surface area contributed by atoms with Crippen molar-refractivity contribution in [2.45, 2.75) is 57.4 Å². The van der Waals surface area contributed by atoms with E-state index in [1.165, 1.54) is 7.11 Å². The molecular formula is C15H25NO3S. The van der Waals surface area contributed by atoms with Gasteiger partial charge < -0.3 is 4.74 Å². The average molecular weight is 299 g/mol. The smallest absolute Gasteiger partial charge is 0.244 e. The maximum absolute atomic E-state index is 12.5. The van der Waals surface area contributed by atoms with Crippen LogP contribution in [0.25, 0.3) is 0 Å². The molecule has 1 aromatic carbocycles. The van der Waals surface area contributed by atoms with E-state index in [2.05, 4.69) is 4.72 Å². The summed E-state index contributed by atoms with van der Waals surface area (Å²) in [4.78, 5) is 0.183. The van der Waals surface area contributed by atoms with Crippen LogP contribution in [0.5, 0.6) is 5.75 Å². The molecular weight excluding hydrogens is 274 g/mol. The first-order chi connectivity index (χ1) is 8.87. The van der Waals surface area contributed by atoms with Gasteiger partial charge in [0.15, 0.2) is 0 Å². The molecule has 0 fully saturated rings. The molecule has 1 rings (SSSR count). The zero-order valence-electron chi connectivity index (χ0n) is 13.4. The Bertz CT molecular complexity index is 578. The van der Waals surface area contributed by atoms with E-state index in [1.807, 2.05) is 47.6 Å². The summed E-state index contributed by atoms with van der Waals surface area (Å²) in [6, 6.07) is 5.29. The summed E-state index contributed by atoms with van der Waals surface area (Å²) in [5.41, 5.74) is 0.285. The molecule has 1 aromatic rings. The number of hydrogen-bond acceptors (Lipinski definition) is 3. The molecule has 4 nitrogen and oxygen atoms in total. The van der Waals surface area contributed by atoms with Crippen LogP contribution in [0.1, 0.15) is 47.1 Å².